The first-order valence-corrected chi connectivity index (χ1v) is 31.1. The molecule has 1 saturated carbocycles. The van der Waals surface area contributed by atoms with Gasteiger partial charge in [0.2, 0.25) is 11.8 Å². The highest BCUT2D eigenvalue weighted by molar-refractivity contribution is 7.13. The second-order valence-electron chi connectivity index (χ2n) is 24.7. The first-order valence-electron chi connectivity index (χ1n) is 30.2. The summed E-state index contributed by atoms with van der Waals surface area (Å²) in [6.45, 7) is 21.2. The average Bonchev–Trinajstić information content (AvgIpc) is 4.34. The number of benzene rings is 2. The van der Waals surface area contributed by atoms with Crippen molar-refractivity contribution in [2.24, 2.45) is 35.0 Å². The lowest BCUT2D eigenvalue weighted by molar-refractivity contribution is -0.181. The molecule has 6 aliphatic heterocycles. The number of aromatic hydroxyl groups is 1. The number of carbonyl (C=O) groups excluding carboxylic acids is 2. The van der Waals surface area contributed by atoms with Crippen molar-refractivity contribution in [2.45, 2.75) is 134 Å². The number of nitrogens with two attached hydrogens (primary N) is 3. The summed E-state index contributed by atoms with van der Waals surface area (Å²) in [7, 11) is 0. The van der Waals surface area contributed by atoms with E-state index in [1.807, 2.05) is 45.3 Å². The molecule has 7 aliphatic rings. The monoisotopic (exact) mass is 1130 g/mol. The van der Waals surface area contributed by atoms with Crippen LogP contribution in [0.15, 0.2) is 82.2 Å². The number of nitrogens with zero attached hydrogens (tertiary/aromatic N) is 8. The number of piperidine rings is 3. The highest BCUT2D eigenvalue weighted by Crippen LogP contribution is 2.37. The number of phenolic OH excluding ortho intramolecular Hbond substituents is 1. The molecule has 0 radical (unpaired) electrons. The summed E-state index contributed by atoms with van der Waals surface area (Å²) in [5, 5.41) is 27.6. The molecule has 18 nitrogen and oxygen atoms in total. The summed E-state index contributed by atoms with van der Waals surface area (Å²) < 4.78 is 12.1. The largest absolute Gasteiger partial charge is 0.507 e. The molecule has 19 heteroatoms. The molecule has 4 aromatic rings. The number of ether oxygens (including phenoxy) is 1. The molecule has 11 rings (SSSR count). The van der Waals surface area contributed by atoms with Gasteiger partial charge in [0.25, 0.3) is 0 Å². The fourth-order valence-electron chi connectivity index (χ4n) is 13.6. The average molecular weight is 1130 g/mol. The summed E-state index contributed by atoms with van der Waals surface area (Å²) in [6, 6.07) is 17.4. The van der Waals surface area contributed by atoms with Crippen LogP contribution in [0.2, 0.25) is 0 Å². The zero-order valence-corrected chi connectivity index (χ0v) is 49.2. The molecule has 2 aromatic carbocycles. The van der Waals surface area contributed by atoms with E-state index in [1.165, 1.54) is 51.7 Å². The number of hydrogen-bond donors (Lipinski definition) is 6. The molecule has 7 fully saturated rings. The van der Waals surface area contributed by atoms with E-state index >= 15 is 0 Å². The Morgan fingerprint density at radius 2 is 1.52 bits per heavy atom. The number of phenols is 1. The molecule has 440 valence electrons. The number of morpholine rings is 1. The third-order valence-corrected chi connectivity index (χ3v) is 19.5. The number of hydrogen-bond acceptors (Lipinski definition) is 17. The molecule has 81 heavy (non-hydrogen) atoms. The van der Waals surface area contributed by atoms with Gasteiger partial charge in [0.15, 0.2) is 11.6 Å². The summed E-state index contributed by atoms with van der Waals surface area (Å²) >= 11 is 1.62. The van der Waals surface area contributed by atoms with Crippen LogP contribution in [0.1, 0.15) is 126 Å². The molecule has 6 saturated heterocycles. The minimum Gasteiger partial charge on any atom is -0.507 e. The number of nitrogens with one attached hydrogen (secondary N) is 1. The zero-order valence-electron chi connectivity index (χ0n) is 48.4. The zero-order chi connectivity index (χ0) is 56.8. The standard InChI is InChI=1S/C36H50N6O4S.C26H40N6O2/c1-23(2)33(31-20-32(39-46-31)41-18-11-26(12-19-41)21-40-16-13-29(43)14-17-40)36(45)42-15-5-6-30(42)35(44)38-24(3)27-7-9-28(10-8-27)34-25(4)37-22-47-34;27-22(21-6-1-2-7-24(21)33)14-23(25(28)29)32-12-13-34-26(18-32)16-30(17-26)15-19-8-10-31(11-9-19)20-4-3-5-20/h7-10,20,22-24,26,29-30,33,43H,5-6,11-19,21H2,1-4H3,(H,38,44);1-2,6-7,14,19-20,33H,3-5,8-13,15-18,27-29H2/b;22-14-. The van der Waals surface area contributed by atoms with Gasteiger partial charge in [-0.05, 0) is 138 Å². The number of thiazole rings is 1. The molecule has 1 spiro atoms. The van der Waals surface area contributed by atoms with E-state index in [0.29, 0.717) is 54.8 Å². The Hall–Kier alpha value is -5.70. The quantitative estimate of drug-likeness (QED) is 0.0632. The van der Waals surface area contributed by atoms with Gasteiger partial charge in [0.1, 0.15) is 29.1 Å². The number of rotatable bonds is 16. The van der Waals surface area contributed by atoms with Crippen LogP contribution < -0.4 is 27.4 Å². The fraction of sp³-hybridized carbons (Fsp3) is 0.613. The Balaban J connectivity index is 0.000000191. The highest BCUT2D eigenvalue weighted by Gasteiger charge is 2.48. The number of allylic oxidation sites excluding steroid dienone is 1. The van der Waals surface area contributed by atoms with Crippen molar-refractivity contribution in [2.75, 3.05) is 96.6 Å². The van der Waals surface area contributed by atoms with Gasteiger partial charge in [-0.15, -0.1) is 11.3 Å². The molecule has 2 aromatic heterocycles. The molecule has 8 heterocycles. The highest BCUT2D eigenvalue weighted by atomic mass is 32.1. The lowest BCUT2D eigenvalue weighted by Gasteiger charge is -2.55. The van der Waals surface area contributed by atoms with Crippen LogP contribution in [0.5, 0.6) is 5.75 Å². The maximum absolute atomic E-state index is 14.1. The van der Waals surface area contributed by atoms with Gasteiger partial charge in [0, 0.05) is 95.4 Å². The Labute approximate surface area is 483 Å². The van der Waals surface area contributed by atoms with Crippen LogP contribution in [0, 0.1) is 24.7 Å². The van der Waals surface area contributed by atoms with E-state index in [1.54, 1.807) is 40.5 Å². The van der Waals surface area contributed by atoms with E-state index in [2.05, 4.69) is 64.2 Å². The Bertz CT molecular complexity index is 2780. The topological polar surface area (TPSA) is 232 Å². The minimum atomic E-state index is -0.505. The van der Waals surface area contributed by atoms with Crippen LogP contribution in [-0.4, -0.2) is 172 Å². The number of anilines is 1. The Morgan fingerprint density at radius 3 is 2.16 bits per heavy atom. The Morgan fingerprint density at radius 1 is 0.827 bits per heavy atom. The van der Waals surface area contributed by atoms with Gasteiger partial charge in [-0.3, -0.25) is 14.5 Å². The molecule has 3 unspecified atom stereocenters. The predicted molar refractivity (Wildman–Crippen MR) is 319 cm³/mol. The van der Waals surface area contributed by atoms with Crippen molar-refractivity contribution >= 4 is 34.7 Å². The number of aromatic nitrogens is 2. The number of amides is 2. The van der Waals surface area contributed by atoms with Crippen molar-refractivity contribution in [3.05, 3.63) is 100 Å². The van der Waals surface area contributed by atoms with E-state index in [0.717, 1.165) is 124 Å². The molecule has 0 bridgehead atoms. The number of aliphatic hydroxyl groups excluding tert-OH is 1. The smallest absolute Gasteiger partial charge is 0.243 e. The summed E-state index contributed by atoms with van der Waals surface area (Å²) in [5.74, 6) is 2.47. The normalized spacial score (nSPS) is 22.7. The SMILES string of the molecule is Cc1ncsc1-c1ccc(C(C)NC(=O)C2CCCN2C(=O)C(c2cc(N3CCC(CN4CCC(O)CC4)CC3)no2)C(C)C)cc1.NC(N)=C(/C=C(\N)c1ccccc1O)N1CCOC2(CN(CC3CCN(C4CCC4)CC3)C2)C1. The molecular formula is C62H90N12O6S. The number of aliphatic hydroxyl groups is 1. The predicted octanol–water partition coefficient (Wildman–Crippen LogP) is 6.82. The number of likely N-dealkylation sites (tertiary alicyclic amines) is 4. The molecule has 9 N–H and O–H groups in total. The summed E-state index contributed by atoms with van der Waals surface area (Å²) in [6.07, 6.45) is 13.9. The number of para-hydroxylation sites is 1. The fourth-order valence-corrected chi connectivity index (χ4v) is 14.4. The second kappa shape index (κ2) is 26.3. The van der Waals surface area contributed by atoms with Gasteiger partial charge in [-0.2, -0.15) is 0 Å². The lowest BCUT2D eigenvalue weighted by Crippen LogP contribution is -2.70. The van der Waals surface area contributed by atoms with Crippen molar-refractivity contribution in [1.29, 1.82) is 0 Å². The first-order chi connectivity index (χ1) is 39.1. The van der Waals surface area contributed by atoms with Crippen molar-refractivity contribution in [3.8, 4) is 16.2 Å². The van der Waals surface area contributed by atoms with Gasteiger partial charge in [-0.25, -0.2) is 4.98 Å². The molecule has 3 atom stereocenters. The third kappa shape index (κ3) is 14.0. The van der Waals surface area contributed by atoms with Gasteiger partial charge < -0.3 is 66.5 Å². The van der Waals surface area contributed by atoms with Gasteiger partial charge >= 0.3 is 0 Å². The molecule has 2 amide bonds. The third-order valence-electron chi connectivity index (χ3n) is 18.6. The van der Waals surface area contributed by atoms with Crippen LogP contribution in [0.3, 0.4) is 0 Å². The number of aryl methyl sites for hydroxylation is 1. The van der Waals surface area contributed by atoms with Crippen LogP contribution in [-0.2, 0) is 14.3 Å². The maximum atomic E-state index is 14.1. The maximum Gasteiger partial charge on any atom is 0.243 e. The van der Waals surface area contributed by atoms with Crippen LogP contribution in [0.4, 0.5) is 5.82 Å². The van der Waals surface area contributed by atoms with E-state index in [9.17, 15) is 19.8 Å². The minimum absolute atomic E-state index is 0.0129. The van der Waals surface area contributed by atoms with E-state index < -0.39 is 12.0 Å². The molecule has 1 aliphatic carbocycles. The van der Waals surface area contributed by atoms with Crippen molar-refractivity contribution in [1.82, 2.24) is 40.0 Å². The summed E-state index contributed by atoms with van der Waals surface area (Å²) in [4.78, 5) is 47.2. The van der Waals surface area contributed by atoms with Gasteiger partial charge in [-0.1, -0.05) is 61.8 Å². The van der Waals surface area contributed by atoms with Gasteiger partial charge in [0.05, 0.1) is 40.5 Å². The van der Waals surface area contributed by atoms with Crippen molar-refractivity contribution < 1.29 is 29.1 Å². The Kier molecular flexibility index (Phi) is 19.0. The lowest BCUT2D eigenvalue weighted by atomic mass is 9.86. The van der Waals surface area contributed by atoms with Crippen LogP contribution >= 0.6 is 11.3 Å². The van der Waals surface area contributed by atoms with E-state index in [-0.39, 0.29) is 47.0 Å². The number of carbonyl (C=O) groups is 2. The first kappa shape index (κ1) is 58.5. The van der Waals surface area contributed by atoms with Crippen LogP contribution in [0.25, 0.3) is 16.1 Å². The van der Waals surface area contributed by atoms with Crippen molar-refractivity contribution in [3.63, 3.8) is 0 Å². The summed E-state index contributed by atoms with van der Waals surface area (Å²) in [5.41, 5.74) is 25.0. The molecular weight excluding hydrogens is 1040 g/mol. The van der Waals surface area contributed by atoms with E-state index in [4.69, 9.17) is 26.5 Å². The second-order valence-corrected chi connectivity index (χ2v) is 25.6.